The van der Waals surface area contributed by atoms with E-state index in [-0.39, 0.29) is 0 Å². The molecule has 0 aliphatic rings. The van der Waals surface area contributed by atoms with E-state index in [4.69, 9.17) is 4.74 Å². The molecule has 1 heterocycles. The zero-order valence-corrected chi connectivity index (χ0v) is 12.1. The topological polar surface area (TPSA) is 49.9 Å². The van der Waals surface area contributed by atoms with Crippen molar-refractivity contribution in [3.05, 3.63) is 54.2 Å². The van der Waals surface area contributed by atoms with Crippen LogP contribution in [0.1, 0.15) is 5.56 Å². The molecule has 0 aliphatic heterocycles. The molecule has 0 unspecified atom stereocenters. The minimum absolute atomic E-state index is 0.711. The third-order valence-corrected chi connectivity index (χ3v) is 3.55. The second-order valence-corrected chi connectivity index (χ2v) is 5.00. The molecule has 2 N–H and O–H groups in total. The Balaban J connectivity index is 1.83. The number of methoxy groups -OCH3 is 1. The molecule has 2 aromatic carbocycles. The van der Waals surface area contributed by atoms with Gasteiger partial charge in [-0.2, -0.15) is 5.10 Å². The van der Waals surface area contributed by atoms with Crippen LogP contribution in [0.5, 0.6) is 0 Å². The molecular weight excluding hydrogens is 262 g/mol. The van der Waals surface area contributed by atoms with Crippen molar-refractivity contribution in [1.29, 1.82) is 0 Å². The lowest BCUT2D eigenvalue weighted by atomic mass is 10.0. The highest BCUT2D eigenvalue weighted by atomic mass is 16.5. The molecule has 108 valence electrons. The van der Waals surface area contributed by atoms with Gasteiger partial charge >= 0.3 is 0 Å². The maximum atomic E-state index is 5.04. The largest absolute Gasteiger partial charge is 0.383 e. The summed E-state index contributed by atoms with van der Waals surface area (Å²) in [6.07, 6.45) is 1.88. The molecule has 0 spiro atoms. The maximum absolute atomic E-state index is 5.04. The lowest BCUT2D eigenvalue weighted by molar-refractivity contribution is 0.199. The van der Waals surface area contributed by atoms with E-state index < -0.39 is 0 Å². The van der Waals surface area contributed by atoms with Crippen LogP contribution >= 0.6 is 0 Å². The third kappa shape index (κ3) is 3.12. The number of hydrogen-bond acceptors (Lipinski definition) is 3. The normalized spacial score (nSPS) is 11.1. The lowest BCUT2D eigenvalue weighted by Gasteiger charge is -2.06. The number of hydrogen-bond donors (Lipinski definition) is 2. The van der Waals surface area contributed by atoms with Gasteiger partial charge in [-0.05, 0) is 16.8 Å². The fraction of sp³-hybridized carbons (Fsp3) is 0.235. The molecule has 1 aromatic heterocycles. The Bertz CT molecular complexity index is 721. The molecule has 0 fully saturated rings. The van der Waals surface area contributed by atoms with Gasteiger partial charge in [0.2, 0.25) is 0 Å². The Hall–Kier alpha value is -2.17. The van der Waals surface area contributed by atoms with E-state index in [2.05, 4.69) is 58.0 Å². The highest BCUT2D eigenvalue weighted by molar-refractivity contribution is 5.87. The molecule has 4 nitrogen and oxygen atoms in total. The molecule has 0 aliphatic carbocycles. The second-order valence-electron chi connectivity index (χ2n) is 5.00. The molecule has 0 atom stereocenters. The van der Waals surface area contributed by atoms with Gasteiger partial charge in [-0.15, -0.1) is 0 Å². The highest BCUT2D eigenvalue weighted by Crippen LogP contribution is 2.25. The number of benzene rings is 2. The maximum Gasteiger partial charge on any atom is 0.0695 e. The molecule has 0 radical (unpaired) electrons. The van der Waals surface area contributed by atoms with Crippen LogP contribution in [0.25, 0.3) is 22.0 Å². The SMILES string of the molecule is COCCNCc1cn[nH]c1-c1ccc2ccccc2c1. The summed E-state index contributed by atoms with van der Waals surface area (Å²) in [5, 5.41) is 13.1. The minimum atomic E-state index is 0.711. The lowest BCUT2D eigenvalue weighted by Crippen LogP contribution is -2.18. The predicted molar refractivity (Wildman–Crippen MR) is 85.1 cm³/mol. The van der Waals surface area contributed by atoms with E-state index in [0.717, 1.165) is 24.3 Å². The third-order valence-electron chi connectivity index (χ3n) is 3.55. The first-order chi connectivity index (χ1) is 10.4. The number of aromatic nitrogens is 2. The number of aromatic amines is 1. The summed E-state index contributed by atoms with van der Waals surface area (Å²) < 4.78 is 5.04. The Morgan fingerprint density at radius 2 is 2.00 bits per heavy atom. The van der Waals surface area contributed by atoms with Crippen LogP contribution in [0.15, 0.2) is 48.7 Å². The standard InChI is InChI=1S/C17H19N3O/c1-21-9-8-18-11-16-12-19-20-17(16)15-7-6-13-4-2-3-5-14(13)10-15/h2-7,10,12,18H,8-9,11H2,1H3,(H,19,20). The number of fused-ring (bicyclic) bond motifs is 1. The van der Waals surface area contributed by atoms with Crippen molar-refractivity contribution >= 4 is 10.8 Å². The van der Waals surface area contributed by atoms with E-state index in [1.54, 1.807) is 7.11 Å². The van der Waals surface area contributed by atoms with Gasteiger partial charge in [0, 0.05) is 31.3 Å². The Morgan fingerprint density at radius 1 is 1.14 bits per heavy atom. The average molecular weight is 281 g/mol. The van der Waals surface area contributed by atoms with Crippen LogP contribution in [-0.2, 0) is 11.3 Å². The van der Waals surface area contributed by atoms with Crippen molar-refractivity contribution in [2.24, 2.45) is 0 Å². The minimum Gasteiger partial charge on any atom is -0.383 e. The second kappa shape index (κ2) is 6.52. The van der Waals surface area contributed by atoms with Gasteiger partial charge in [0.05, 0.1) is 18.5 Å². The molecule has 3 rings (SSSR count). The summed E-state index contributed by atoms with van der Waals surface area (Å²) in [6.45, 7) is 2.32. The molecule has 0 saturated heterocycles. The summed E-state index contributed by atoms with van der Waals surface area (Å²) in [7, 11) is 1.71. The van der Waals surface area contributed by atoms with Gasteiger partial charge in [0.25, 0.3) is 0 Å². The van der Waals surface area contributed by atoms with Crippen molar-refractivity contribution in [2.75, 3.05) is 20.3 Å². The van der Waals surface area contributed by atoms with Gasteiger partial charge in [0.15, 0.2) is 0 Å². The summed E-state index contributed by atoms with van der Waals surface area (Å²) in [5.74, 6) is 0. The summed E-state index contributed by atoms with van der Waals surface area (Å²) >= 11 is 0. The molecule has 3 aromatic rings. The van der Waals surface area contributed by atoms with Crippen molar-refractivity contribution in [3.8, 4) is 11.3 Å². The van der Waals surface area contributed by atoms with Crippen molar-refractivity contribution < 1.29 is 4.74 Å². The van der Waals surface area contributed by atoms with Crippen LogP contribution in [0, 0.1) is 0 Å². The monoisotopic (exact) mass is 281 g/mol. The summed E-state index contributed by atoms with van der Waals surface area (Å²) in [4.78, 5) is 0. The Kier molecular flexibility index (Phi) is 4.28. The van der Waals surface area contributed by atoms with E-state index in [0.29, 0.717) is 6.61 Å². The van der Waals surface area contributed by atoms with Crippen LogP contribution in [0.3, 0.4) is 0 Å². The molecule has 4 heteroatoms. The van der Waals surface area contributed by atoms with Crippen LogP contribution in [-0.4, -0.2) is 30.5 Å². The van der Waals surface area contributed by atoms with Gasteiger partial charge in [-0.3, -0.25) is 5.10 Å². The van der Waals surface area contributed by atoms with Crippen LogP contribution < -0.4 is 5.32 Å². The summed E-state index contributed by atoms with van der Waals surface area (Å²) in [5.41, 5.74) is 3.40. The first-order valence-electron chi connectivity index (χ1n) is 7.09. The fourth-order valence-corrected chi connectivity index (χ4v) is 2.44. The first-order valence-corrected chi connectivity index (χ1v) is 7.09. The molecule has 0 saturated carbocycles. The Morgan fingerprint density at radius 3 is 2.86 bits per heavy atom. The van der Waals surface area contributed by atoms with E-state index >= 15 is 0 Å². The number of H-pyrrole nitrogens is 1. The van der Waals surface area contributed by atoms with Gasteiger partial charge < -0.3 is 10.1 Å². The number of nitrogens with zero attached hydrogens (tertiary/aromatic N) is 1. The van der Waals surface area contributed by atoms with Gasteiger partial charge in [0.1, 0.15) is 0 Å². The van der Waals surface area contributed by atoms with E-state index in [9.17, 15) is 0 Å². The van der Waals surface area contributed by atoms with E-state index in [1.807, 2.05) is 6.20 Å². The van der Waals surface area contributed by atoms with Gasteiger partial charge in [-0.1, -0.05) is 36.4 Å². The van der Waals surface area contributed by atoms with Gasteiger partial charge in [-0.25, -0.2) is 0 Å². The van der Waals surface area contributed by atoms with Crippen molar-refractivity contribution in [1.82, 2.24) is 15.5 Å². The van der Waals surface area contributed by atoms with E-state index in [1.165, 1.54) is 16.3 Å². The number of rotatable bonds is 6. The number of nitrogens with one attached hydrogen (secondary N) is 2. The molecule has 0 bridgehead atoms. The average Bonchev–Trinajstić information content (AvgIpc) is 2.99. The highest BCUT2D eigenvalue weighted by Gasteiger charge is 2.08. The molecule has 21 heavy (non-hydrogen) atoms. The zero-order chi connectivity index (χ0) is 14.5. The number of ether oxygens (including phenoxy) is 1. The Labute approximate surface area is 124 Å². The summed E-state index contributed by atoms with van der Waals surface area (Å²) in [6, 6.07) is 14.9. The quantitative estimate of drug-likeness (QED) is 0.683. The van der Waals surface area contributed by atoms with Crippen LogP contribution in [0.2, 0.25) is 0 Å². The first kappa shape index (κ1) is 13.8. The predicted octanol–water partition coefficient (Wildman–Crippen LogP) is 2.97. The van der Waals surface area contributed by atoms with Crippen molar-refractivity contribution in [2.45, 2.75) is 6.54 Å². The zero-order valence-electron chi connectivity index (χ0n) is 12.1. The fourth-order valence-electron chi connectivity index (χ4n) is 2.44. The van der Waals surface area contributed by atoms with Crippen molar-refractivity contribution in [3.63, 3.8) is 0 Å². The van der Waals surface area contributed by atoms with Crippen LogP contribution in [0.4, 0.5) is 0 Å². The molecular formula is C17H19N3O. The smallest absolute Gasteiger partial charge is 0.0695 e. The molecule has 0 amide bonds.